The SMILES string of the molecule is O=C(Cc1ccc(C(F)(F)F)cc1)NCC1=NN(c2ccc(Cl)cc2Cl)C(c2ccc(Cl)cc2)C1. The maximum atomic E-state index is 12.7. The first-order valence-corrected chi connectivity index (χ1v) is 11.7. The van der Waals surface area contributed by atoms with Crippen LogP contribution in [0.25, 0.3) is 0 Å². The maximum absolute atomic E-state index is 12.7. The molecule has 35 heavy (non-hydrogen) atoms. The molecule has 182 valence electrons. The van der Waals surface area contributed by atoms with Crippen molar-refractivity contribution in [3.63, 3.8) is 0 Å². The van der Waals surface area contributed by atoms with Gasteiger partial charge < -0.3 is 5.32 Å². The number of nitrogens with one attached hydrogen (secondary N) is 1. The van der Waals surface area contributed by atoms with E-state index in [4.69, 9.17) is 39.9 Å². The molecule has 0 aromatic heterocycles. The predicted molar refractivity (Wildman–Crippen MR) is 133 cm³/mol. The number of hydrazone groups is 1. The molecule has 3 aromatic rings. The number of benzene rings is 3. The Balaban J connectivity index is 1.46. The van der Waals surface area contributed by atoms with E-state index in [0.29, 0.717) is 32.7 Å². The van der Waals surface area contributed by atoms with Gasteiger partial charge in [-0.15, -0.1) is 0 Å². The summed E-state index contributed by atoms with van der Waals surface area (Å²) in [6.45, 7) is 0.186. The zero-order valence-corrected chi connectivity index (χ0v) is 20.4. The van der Waals surface area contributed by atoms with Gasteiger partial charge in [0.25, 0.3) is 0 Å². The molecule has 1 heterocycles. The van der Waals surface area contributed by atoms with Crippen LogP contribution in [-0.4, -0.2) is 18.2 Å². The second-order valence-corrected chi connectivity index (χ2v) is 9.31. The summed E-state index contributed by atoms with van der Waals surface area (Å²) in [4.78, 5) is 12.4. The van der Waals surface area contributed by atoms with Crippen LogP contribution in [0.4, 0.5) is 18.9 Å². The summed E-state index contributed by atoms with van der Waals surface area (Å²) in [5.41, 5.74) is 2.09. The standard InChI is InChI=1S/C25H19Cl3F3N3O/c26-18-7-3-16(4-8-18)23-13-20(33-34(23)22-10-9-19(27)12-21(22)28)14-32-24(35)11-15-1-5-17(6-2-15)25(29,30)31/h1-10,12,23H,11,13-14H2,(H,32,35). The molecule has 0 aliphatic carbocycles. The highest BCUT2D eigenvalue weighted by Gasteiger charge is 2.31. The van der Waals surface area contributed by atoms with E-state index in [0.717, 1.165) is 23.4 Å². The predicted octanol–water partition coefficient (Wildman–Crippen LogP) is 7.33. The van der Waals surface area contributed by atoms with Crippen LogP contribution in [0.5, 0.6) is 0 Å². The van der Waals surface area contributed by atoms with Gasteiger partial charge in [0.15, 0.2) is 0 Å². The van der Waals surface area contributed by atoms with Crippen molar-refractivity contribution in [3.05, 3.63) is 98.5 Å². The second-order valence-electron chi connectivity index (χ2n) is 8.03. The summed E-state index contributed by atoms with van der Waals surface area (Å²) in [7, 11) is 0. The minimum atomic E-state index is -4.42. The van der Waals surface area contributed by atoms with Crippen molar-refractivity contribution in [2.24, 2.45) is 5.10 Å². The zero-order chi connectivity index (χ0) is 25.2. The normalized spacial score (nSPS) is 15.8. The Morgan fingerprint density at radius 3 is 2.26 bits per heavy atom. The number of alkyl halides is 3. The van der Waals surface area contributed by atoms with Crippen LogP contribution >= 0.6 is 34.8 Å². The van der Waals surface area contributed by atoms with Gasteiger partial charge in [0.2, 0.25) is 5.91 Å². The number of nitrogens with zero attached hydrogens (tertiary/aromatic N) is 2. The highest BCUT2D eigenvalue weighted by Crippen LogP contribution is 2.39. The summed E-state index contributed by atoms with van der Waals surface area (Å²) >= 11 is 18.5. The largest absolute Gasteiger partial charge is 0.416 e. The number of rotatable bonds is 6. The van der Waals surface area contributed by atoms with Gasteiger partial charge in [-0.25, -0.2) is 0 Å². The molecule has 0 fully saturated rings. The summed E-state index contributed by atoms with van der Waals surface area (Å²) in [6.07, 6.45) is -3.93. The molecule has 0 saturated carbocycles. The molecule has 4 rings (SSSR count). The molecular weight excluding hydrogens is 522 g/mol. The topological polar surface area (TPSA) is 44.7 Å². The van der Waals surface area contributed by atoms with E-state index >= 15 is 0 Å². The molecule has 3 aromatic carbocycles. The third-order valence-electron chi connectivity index (χ3n) is 5.52. The lowest BCUT2D eigenvalue weighted by molar-refractivity contribution is -0.137. The van der Waals surface area contributed by atoms with Crippen LogP contribution in [0.3, 0.4) is 0 Å². The average Bonchev–Trinajstić information content (AvgIpc) is 3.22. The number of halogens is 6. The number of anilines is 1. The van der Waals surface area contributed by atoms with Gasteiger partial charge in [-0.05, 0) is 53.6 Å². The lowest BCUT2D eigenvalue weighted by atomic mass is 10.0. The van der Waals surface area contributed by atoms with Crippen molar-refractivity contribution in [2.45, 2.75) is 25.1 Å². The molecule has 1 N–H and O–H groups in total. The van der Waals surface area contributed by atoms with Crippen LogP contribution in [0.2, 0.25) is 15.1 Å². The van der Waals surface area contributed by atoms with E-state index in [1.54, 1.807) is 35.3 Å². The summed E-state index contributed by atoms with van der Waals surface area (Å²) in [5, 5.41) is 10.8. The molecule has 1 aliphatic heterocycles. The Labute approximate surface area is 215 Å². The van der Waals surface area contributed by atoms with Crippen molar-refractivity contribution in [1.82, 2.24) is 5.32 Å². The molecule has 4 nitrogen and oxygen atoms in total. The van der Waals surface area contributed by atoms with Crippen molar-refractivity contribution >= 4 is 52.1 Å². The van der Waals surface area contributed by atoms with Gasteiger partial charge in [0.1, 0.15) is 0 Å². The van der Waals surface area contributed by atoms with Crippen molar-refractivity contribution in [1.29, 1.82) is 0 Å². The molecule has 0 radical (unpaired) electrons. The smallest absolute Gasteiger partial charge is 0.350 e. The average molecular weight is 541 g/mol. The Bertz CT molecular complexity index is 1250. The number of amides is 1. The monoisotopic (exact) mass is 539 g/mol. The Kier molecular flexibility index (Phi) is 7.59. The molecule has 0 spiro atoms. The molecule has 0 saturated heterocycles. The molecule has 1 amide bonds. The second kappa shape index (κ2) is 10.5. The van der Waals surface area contributed by atoms with E-state index in [-0.39, 0.29) is 24.9 Å². The molecule has 10 heteroatoms. The van der Waals surface area contributed by atoms with E-state index in [1.807, 2.05) is 12.1 Å². The third-order valence-corrected chi connectivity index (χ3v) is 6.31. The van der Waals surface area contributed by atoms with E-state index in [9.17, 15) is 18.0 Å². The van der Waals surface area contributed by atoms with Crippen molar-refractivity contribution in [2.75, 3.05) is 11.6 Å². The molecule has 1 atom stereocenters. The highest BCUT2D eigenvalue weighted by molar-refractivity contribution is 6.36. The quantitative estimate of drug-likeness (QED) is 0.356. The van der Waals surface area contributed by atoms with Gasteiger partial charge >= 0.3 is 6.18 Å². The van der Waals surface area contributed by atoms with Crippen LogP contribution < -0.4 is 10.3 Å². The zero-order valence-electron chi connectivity index (χ0n) is 18.1. The van der Waals surface area contributed by atoms with Gasteiger partial charge in [-0.2, -0.15) is 18.3 Å². The van der Waals surface area contributed by atoms with Gasteiger partial charge in [0.05, 0.1) is 41.0 Å². The minimum absolute atomic E-state index is 0.0429. The van der Waals surface area contributed by atoms with Crippen molar-refractivity contribution < 1.29 is 18.0 Å². The van der Waals surface area contributed by atoms with Crippen LogP contribution in [-0.2, 0) is 17.4 Å². The molecule has 1 aliphatic rings. The molecular formula is C25H19Cl3F3N3O. The lowest BCUT2D eigenvalue weighted by Gasteiger charge is -2.25. The van der Waals surface area contributed by atoms with Gasteiger partial charge in [0, 0.05) is 16.5 Å². The Morgan fingerprint density at radius 1 is 0.971 bits per heavy atom. The van der Waals surface area contributed by atoms with E-state index in [1.165, 1.54) is 12.1 Å². The Morgan fingerprint density at radius 2 is 1.63 bits per heavy atom. The van der Waals surface area contributed by atoms with Gasteiger partial charge in [-0.1, -0.05) is 59.1 Å². The number of hydrogen-bond acceptors (Lipinski definition) is 3. The molecule has 0 bridgehead atoms. The first kappa shape index (κ1) is 25.4. The van der Waals surface area contributed by atoms with Gasteiger partial charge in [-0.3, -0.25) is 9.80 Å². The van der Waals surface area contributed by atoms with E-state index < -0.39 is 11.7 Å². The first-order chi connectivity index (χ1) is 16.6. The first-order valence-electron chi connectivity index (χ1n) is 10.6. The number of carbonyl (C=O) groups is 1. The Hall–Kier alpha value is -2.74. The summed E-state index contributed by atoms with van der Waals surface area (Å²) in [6, 6.07) is 16.9. The minimum Gasteiger partial charge on any atom is -0.350 e. The number of carbonyl (C=O) groups excluding carboxylic acids is 1. The van der Waals surface area contributed by atoms with Crippen LogP contribution in [0.15, 0.2) is 71.8 Å². The summed E-state index contributed by atoms with van der Waals surface area (Å²) in [5.74, 6) is -0.321. The fourth-order valence-electron chi connectivity index (χ4n) is 3.77. The molecule has 1 unspecified atom stereocenters. The van der Waals surface area contributed by atoms with E-state index in [2.05, 4.69) is 5.32 Å². The highest BCUT2D eigenvalue weighted by atomic mass is 35.5. The summed E-state index contributed by atoms with van der Waals surface area (Å²) < 4.78 is 38.2. The van der Waals surface area contributed by atoms with Crippen LogP contribution in [0, 0.1) is 0 Å². The fraction of sp³-hybridized carbons (Fsp3) is 0.200. The lowest BCUT2D eigenvalue weighted by Crippen LogP contribution is -2.30. The number of hydrogen-bond donors (Lipinski definition) is 1. The third kappa shape index (κ3) is 6.28. The maximum Gasteiger partial charge on any atom is 0.416 e. The van der Waals surface area contributed by atoms with Crippen LogP contribution in [0.1, 0.15) is 29.2 Å². The van der Waals surface area contributed by atoms with Crippen molar-refractivity contribution in [3.8, 4) is 0 Å². The fourth-order valence-corrected chi connectivity index (χ4v) is 4.39.